The monoisotopic (exact) mass is 300 g/mol. The van der Waals surface area contributed by atoms with Gasteiger partial charge >= 0.3 is 5.97 Å². The topological polar surface area (TPSA) is 92.4 Å². The van der Waals surface area contributed by atoms with Crippen LogP contribution in [0.2, 0.25) is 0 Å². The maximum Gasteiger partial charge on any atom is 0.330 e. The fourth-order valence-electron chi connectivity index (χ4n) is 2.26. The molecule has 22 heavy (non-hydrogen) atoms. The third kappa shape index (κ3) is 2.86. The van der Waals surface area contributed by atoms with E-state index in [2.05, 4.69) is 10.3 Å². The number of aromatic nitrogens is 1. The maximum atomic E-state index is 12.3. The number of amides is 1. The molecule has 1 atom stereocenters. The van der Waals surface area contributed by atoms with Crippen LogP contribution in [0.4, 0.5) is 0 Å². The number of nitrogens with one attached hydrogen (secondary N) is 1. The van der Waals surface area contributed by atoms with Gasteiger partial charge in [0.25, 0.3) is 5.91 Å². The van der Waals surface area contributed by atoms with Gasteiger partial charge in [0, 0.05) is 5.92 Å². The second kappa shape index (κ2) is 5.63. The molecule has 0 radical (unpaired) electrons. The molecule has 2 N–H and O–H groups in total. The van der Waals surface area contributed by atoms with Crippen molar-refractivity contribution in [2.45, 2.75) is 31.7 Å². The van der Waals surface area contributed by atoms with E-state index in [9.17, 15) is 14.7 Å². The normalized spacial score (nSPS) is 15.3. The van der Waals surface area contributed by atoms with E-state index in [1.165, 1.54) is 0 Å². The SMILES string of the molecule is Cc1nc(C2CC2)oc1C(=O)NC(C(=O)O)c1ccccc1. The van der Waals surface area contributed by atoms with Gasteiger partial charge in [-0.2, -0.15) is 0 Å². The number of carbonyl (C=O) groups is 2. The molecule has 1 unspecified atom stereocenters. The van der Waals surface area contributed by atoms with Gasteiger partial charge < -0.3 is 14.8 Å². The van der Waals surface area contributed by atoms with Crippen LogP contribution in [-0.2, 0) is 4.79 Å². The zero-order valence-corrected chi connectivity index (χ0v) is 12.1. The van der Waals surface area contributed by atoms with Gasteiger partial charge in [-0.25, -0.2) is 9.78 Å². The number of benzene rings is 1. The Morgan fingerprint density at radius 2 is 2.00 bits per heavy atom. The number of aryl methyl sites for hydroxylation is 1. The molecule has 0 aliphatic heterocycles. The Balaban J connectivity index is 1.81. The minimum Gasteiger partial charge on any atom is -0.479 e. The van der Waals surface area contributed by atoms with Crippen molar-refractivity contribution in [3.05, 3.63) is 53.2 Å². The summed E-state index contributed by atoms with van der Waals surface area (Å²) in [5.41, 5.74) is 0.986. The Morgan fingerprint density at radius 1 is 1.32 bits per heavy atom. The van der Waals surface area contributed by atoms with E-state index in [0.717, 1.165) is 12.8 Å². The number of nitrogens with zero attached hydrogens (tertiary/aromatic N) is 1. The number of hydrogen-bond acceptors (Lipinski definition) is 4. The van der Waals surface area contributed by atoms with Crippen molar-refractivity contribution in [1.29, 1.82) is 0 Å². The molecule has 1 aromatic heterocycles. The molecular formula is C16H16N2O4. The van der Waals surface area contributed by atoms with Crippen LogP contribution in [0.3, 0.4) is 0 Å². The van der Waals surface area contributed by atoms with E-state index in [-0.39, 0.29) is 5.76 Å². The summed E-state index contributed by atoms with van der Waals surface area (Å²) in [7, 11) is 0. The second-order valence-corrected chi connectivity index (χ2v) is 5.40. The highest BCUT2D eigenvalue weighted by Gasteiger charge is 2.32. The number of rotatable bonds is 5. The van der Waals surface area contributed by atoms with Gasteiger partial charge in [0.05, 0.1) is 5.69 Å². The average Bonchev–Trinajstić information content (AvgIpc) is 3.28. The van der Waals surface area contributed by atoms with Gasteiger partial charge in [0.15, 0.2) is 11.9 Å². The number of hydrogen-bond donors (Lipinski definition) is 2. The first-order chi connectivity index (χ1) is 10.6. The van der Waals surface area contributed by atoms with Crippen LogP contribution in [0.5, 0.6) is 0 Å². The largest absolute Gasteiger partial charge is 0.479 e. The molecule has 0 bridgehead atoms. The molecule has 1 amide bonds. The van der Waals surface area contributed by atoms with Crippen LogP contribution >= 0.6 is 0 Å². The maximum absolute atomic E-state index is 12.3. The quantitative estimate of drug-likeness (QED) is 0.884. The van der Waals surface area contributed by atoms with Crippen molar-refractivity contribution >= 4 is 11.9 Å². The van der Waals surface area contributed by atoms with Crippen molar-refractivity contribution in [2.75, 3.05) is 0 Å². The van der Waals surface area contributed by atoms with Crippen LogP contribution in [0.15, 0.2) is 34.7 Å². The van der Waals surface area contributed by atoms with Gasteiger partial charge in [-0.05, 0) is 25.3 Å². The zero-order valence-electron chi connectivity index (χ0n) is 12.1. The fourth-order valence-corrected chi connectivity index (χ4v) is 2.26. The molecule has 1 fully saturated rings. The number of carboxylic acids is 1. The molecule has 1 aromatic carbocycles. The van der Waals surface area contributed by atoms with E-state index >= 15 is 0 Å². The Hall–Kier alpha value is -2.63. The van der Waals surface area contributed by atoms with Gasteiger partial charge in [-0.15, -0.1) is 0 Å². The van der Waals surface area contributed by atoms with Crippen molar-refractivity contribution in [3.63, 3.8) is 0 Å². The van der Waals surface area contributed by atoms with Crippen LogP contribution < -0.4 is 5.32 Å². The zero-order chi connectivity index (χ0) is 15.7. The minimum atomic E-state index is -1.13. The molecule has 114 valence electrons. The molecule has 0 spiro atoms. The van der Waals surface area contributed by atoms with E-state index in [0.29, 0.717) is 23.1 Å². The van der Waals surface area contributed by atoms with E-state index in [1.54, 1.807) is 37.3 Å². The Kier molecular flexibility index (Phi) is 3.66. The van der Waals surface area contributed by atoms with Crippen molar-refractivity contribution in [3.8, 4) is 0 Å². The predicted octanol–water partition coefficient (Wildman–Crippen LogP) is 2.42. The Bertz CT molecular complexity index is 704. The lowest BCUT2D eigenvalue weighted by atomic mass is 10.1. The number of carbonyl (C=O) groups excluding carboxylic acids is 1. The molecule has 1 aliphatic rings. The second-order valence-electron chi connectivity index (χ2n) is 5.40. The Morgan fingerprint density at radius 3 is 2.59 bits per heavy atom. The third-order valence-electron chi connectivity index (χ3n) is 3.60. The lowest BCUT2D eigenvalue weighted by molar-refractivity contribution is -0.139. The third-order valence-corrected chi connectivity index (χ3v) is 3.60. The van der Waals surface area contributed by atoms with Crippen molar-refractivity contribution < 1.29 is 19.1 Å². The summed E-state index contributed by atoms with van der Waals surface area (Å²) in [5, 5.41) is 11.8. The average molecular weight is 300 g/mol. The summed E-state index contributed by atoms with van der Waals surface area (Å²) in [4.78, 5) is 28.0. The first-order valence-corrected chi connectivity index (χ1v) is 7.12. The number of carboxylic acid groups (broad SMARTS) is 1. The highest BCUT2D eigenvalue weighted by Crippen LogP contribution is 2.40. The minimum absolute atomic E-state index is 0.0871. The van der Waals surface area contributed by atoms with Gasteiger partial charge in [-0.3, -0.25) is 4.79 Å². The Labute approximate surface area is 127 Å². The van der Waals surface area contributed by atoms with E-state index in [4.69, 9.17) is 4.42 Å². The number of aliphatic carboxylic acids is 1. The van der Waals surface area contributed by atoms with E-state index in [1.807, 2.05) is 0 Å². The fraction of sp³-hybridized carbons (Fsp3) is 0.312. The molecule has 1 saturated carbocycles. The summed E-state index contributed by atoms with van der Waals surface area (Å²) in [6.07, 6.45) is 2.03. The molecule has 2 aromatic rings. The summed E-state index contributed by atoms with van der Waals surface area (Å²) >= 11 is 0. The van der Waals surface area contributed by atoms with Crippen LogP contribution in [0.1, 0.15) is 52.5 Å². The molecule has 1 aliphatic carbocycles. The van der Waals surface area contributed by atoms with E-state index < -0.39 is 17.9 Å². The highest BCUT2D eigenvalue weighted by atomic mass is 16.4. The molecule has 6 heteroatoms. The lowest BCUT2D eigenvalue weighted by Crippen LogP contribution is -2.33. The van der Waals surface area contributed by atoms with Crippen LogP contribution in [0, 0.1) is 6.92 Å². The van der Waals surface area contributed by atoms with Crippen molar-refractivity contribution in [2.24, 2.45) is 0 Å². The van der Waals surface area contributed by atoms with Crippen LogP contribution in [-0.4, -0.2) is 22.0 Å². The smallest absolute Gasteiger partial charge is 0.330 e. The molecule has 0 saturated heterocycles. The van der Waals surface area contributed by atoms with Crippen molar-refractivity contribution in [1.82, 2.24) is 10.3 Å². The molecule has 3 rings (SSSR count). The first kappa shape index (κ1) is 14.3. The number of oxazole rings is 1. The van der Waals surface area contributed by atoms with Crippen LogP contribution in [0.25, 0.3) is 0 Å². The van der Waals surface area contributed by atoms with Gasteiger partial charge in [-0.1, -0.05) is 30.3 Å². The van der Waals surface area contributed by atoms with Gasteiger partial charge in [0.2, 0.25) is 5.76 Å². The lowest BCUT2D eigenvalue weighted by Gasteiger charge is -2.14. The summed E-state index contributed by atoms with van der Waals surface area (Å²) < 4.78 is 5.50. The molecular weight excluding hydrogens is 284 g/mol. The standard InChI is InChI=1S/C16H16N2O4/c1-9-13(22-15(17-9)11-7-8-11)14(19)18-12(16(20)21)10-5-3-2-4-6-10/h2-6,11-12H,7-8H2,1H3,(H,18,19)(H,20,21). The predicted molar refractivity (Wildman–Crippen MR) is 77.5 cm³/mol. The molecule has 6 nitrogen and oxygen atoms in total. The summed E-state index contributed by atoms with van der Waals surface area (Å²) in [6.45, 7) is 1.68. The molecule has 1 heterocycles. The first-order valence-electron chi connectivity index (χ1n) is 7.12. The highest BCUT2D eigenvalue weighted by molar-refractivity contribution is 5.95. The van der Waals surface area contributed by atoms with Gasteiger partial charge in [0.1, 0.15) is 0 Å². The summed E-state index contributed by atoms with van der Waals surface area (Å²) in [5.74, 6) is -0.741. The summed E-state index contributed by atoms with van der Waals surface area (Å²) in [6, 6.07) is 7.42.